The molecule has 4 aromatic rings. The summed E-state index contributed by atoms with van der Waals surface area (Å²) in [7, 11) is 0. The number of benzene rings is 2. The van der Waals surface area contributed by atoms with Gasteiger partial charge in [0.2, 0.25) is 11.8 Å². The van der Waals surface area contributed by atoms with Crippen LogP contribution in [0.3, 0.4) is 0 Å². The maximum absolute atomic E-state index is 13.6. The van der Waals surface area contributed by atoms with Crippen molar-refractivity contribution in [1.29, 1.82) is 5.26 Å². The zero-order valence-corrected chi connectivity index (χ0v) is 22.2. The molecule has 10 nitrogen and oxygen atoms in total. The van der Waals surface area contributed by atoms with Gasteiger partial charge in [0.25, 0.3) is 5.56 Å². The summed E-state index contributed by atoms with van der Waals surface area (Å²) >= 11 is 6.05. The third-order valence-corrected chi connectivity index (χ3v) is 6.74. The van der Waals surface area contributed by atoms with E-state index in [2.05, 4.69) is 20.3 Å². The van der Waals surface area contributed by atoms with Crippen molar-refractivity contribution in [3.05, 3.63) is 99.3 Å². The molecule has 0 unspecified atom stereocenters. The molecular weight excluding hydrogens is 532 g/mol. The van der Waals surface area contributed by atoms with Crippen LogP contribution in [-0.2, 0) is 22.5 Å². The summed E-state index contributed by atoms with van der Waals surface area (Å²) in [6.07, 6.45) is 5.55. The smallest absolute Gasteiger partial charge is 0.258 e. The number of halogens is 1. The second-order valence-corrected chi connectivity index (χ2v) is 9.69. The zero-order valence-electron chi connectivity index (χ0n) is 21.4. The lowest BCUT2D eigenvalue weighted by atomic mass is 9.92. The molecule has 1 saturated heterocycles. The van der Waals surface area contributed by atoms with Gasteiger partial charge in [0, 0.05) is 48.0 Å². The molecule has 0 atom stereocenters. The molecule has 0 amide bonds. The fourth-order valence-electron chi connectivity index (χ4n) is 4.31. The van der Waals surface area contributed by atoms with Crippen molar-refractivity contribution in [2.24, 2.45) is 5.92 Å². The van der Waals surface area contributed by atoms with Gasteiger partial charge in [-0.25, -0.2) is 15.0 Å². The SMILES string of the molecule is N#Cc1cnc(Oc2ccc(Nc3ncc(CC(=O)C4CCOCC4)c(=O)n3Cc3ccc(Cl)cc3)cc2)cn1. The lowest BCUT2D eigenvalue weighted by Crippen LogP contribution is -2.31. The normalized spacial score (nSPS) is 13.4. The molecule has 0 spiro atoms. The Kier molecular flexibility index (Phi) is 8.44. The van der Waals surface area contributed by atoms with Crippen molar-refractivity contribution in [2.45, 2.75) is 25.8 Å². The van der Waals surface area contributed by atoms with Crippen molar-refractivity contribution in [3.8, 4) is 17.7 Å². The molecule has 202 valence electrons. The van der Waals surface area contributed by atoms with Crippen molar-refractivity contribution < 1.29 is 14.3 Å². The quantitative estimate of drug-likeness (QED) is 0.312. The largest absolute Gasteiger partial charge is 0.438 e. The number of Topliss-reactive ketones (excluding diaryl/α,β-unsaturated/α-hetero) is 1. The minimum Gasteiger partial charge on any atom is -0.438 e. The van der Waals surface area contributed by atoms with E-state index < -0.39 is 0 Å². The highest BCUT2D eigenvalue weighted by Crippen LogP contribution is 2.23. The molecule has 1 aliphatic rings. The second kappa shape index (κ2) is 12.5. The Balaban J connectivity index is 1.37. The molecule has 1 N–H and O–H groups in total. The van der Waals surface area contributed by atoms with Gasteiger partial charge in [0.05, 0.1) is 18.9 Å². The van der Waals surface area contributed by atoms with E-state index >= 15 is 0 Å². The first-order chi connectivity index (χ1) is 19.5. The number of carbonyl (C=O) groups is 1. The van der Waals surface area contributed by atoms with Gasteiger partial charge in [-0.15, -0.1) is 0 Å². The standard InChI is InChI=1S/C29H25ClN6O4/c30-22-3-1-19(2-4-22)18-36-28(38)21(13-26(37)20-9-11-39-12-10-20)15-34-29(36)35-23-5-7-25(8-6-23)40-27-17-32-24(14-31)16-33-27/h1-8,15-17,20H,9-13,18H2,(H,34,35). The van der Waals surface area contributed by atoms with Crippen LogP contribution in [0.25, 0.3) is 0 Å². The maximum atomic E-state index is 13.6. The number of hydrogen-bond donors (Lipinski definition) is 1. The summed E-state index contributed by atoms with van der Waals surface area (Å²) in [5, 5.41) is 12.7. The number of carbonyl (C=O) groups excluding carboxylic acids is 1. The molecule has 1 aliphatic heterocycles. The highest BCUT2D eigenvalue weighted by atomic mass is 35.5. The van der Waals surface area contributed by atoms with Gasteiger partial charge in [0.1, 0.15) is 17.6 Å². The van der Waals surface area contributed by atoms with E-state index in [9.17, 15) is 9.59 Å². The predicted octanol–water partition coefficient (Wildman–Crippen LogP) is 4.68. The number of nitrogens with one attached hydrogen (secondary N) is 1. The Bertz CT molecular complexity index is 1580. The summed E-state index contributed by atoms with van der Waals surface area (Å²) in [5.41, 5.74) is 1.79. The number of nitriles is 1. The number of rotatable bonds is 9. The van der Waals surface area contributed by atoms with Crippen LogP contribution < -0.4 is 15.6 Å². The Morgan fingerprint density at radius 1 is 1.05 bits per heavy atom. The van der Waals surface area contributed by atoms with Crippen molar-refractivity contribution in [1.82, 2.24) is 19.5 Å². The molecule has 1 fully saturated rings. The number of anilines is 2. The summed E-state index contributed by atoms with van der Waals surface area (Å²) in [6.45, 7) is 1.36. The van der Waals surface area contributed by atoms with Crippen LogP contribution in [0.5, 0.6) is 11.6 Å². The molecule has 0 saturated carbocycles. The topological polar surface area (TPSA) is 132 Å². The van der Waals surface area contributed by atoms with Gasteiger partial charge in [-0.05, 0) is 54.8 Å². The number of hydrogen-bond acceptors (Lipinski definition) is 9. The molecule has 11 heteroatoms. The van der Waals surface area contributed by atoms with Gasteiger partial charge in [-0.3, -0.25) is 14.2 Å². The lowest BCUT2D eigenvalue weighted by molar-refractivity contribution is -0.125. The zero-order chi connectivity index (χ0) is 27.9. The van der Waals surface area contributed by atoms with E-state index in [1.807, 2.05) is 18.2 Å². The number of aromatic nitrogens is 4. The first kappa shape index (κ1) is 27.0. The first-order valence-corrected chi connectivity index (χ1v) is 13.1. The molecule has 2 aromatic heterocycles. The van der Waals surface area contributed by atoms with Crippen LogP contribution in [-0.4, -0.2) is 38.5 Å². The molecule has 0 aliphatic carbocycles. The third-order valence-electron chi connectivity index (χ3n) is 6.49. The minimum absolute atomic E-state index is 0.0294. The average molecular weight is 557 g/mol. The van der Waals surface area contributed by atoms with Gasteiger partial charge < -0.3 is 14.8 Å². The number of nitrogens with zero attached hydrogens (tertiary/aromatic N) is 5. The van der Waals surface area contributed by atoms with Gasteiger partial charge >= 0.3 is 0 Å². The highest BCUT2D eigenvalue weighted by molar-refractivity contribution is 6.30. The van der Waals surface area contributed by atoms with Crippen molar-refractivity contribution in [3.63, 3.8) is 0 Å². The fourth-order valence-corrected chi connectivity index (χ4v) is 4.43. The summed E-state index contributed by atoms with van der Waals surface area (Å²) in [6, 6.07) is 16.1. The van der Waals surface area contributed by atoms with E-state index in [4.69, 9.17) is 26.3 Å². The van der Waals surface area contributed by atoms with Crippen LogP contribution in [0.2, 0.25) is 5.02 Å². The minimum atomic E-state index is -0.285. The molecule has 3 heterocycles. The Labute approximate surface area is 235 Å². The van der Waals surface area contributed by atoms with E-state index in [-0.39, 0.29) is 41.8 Å². The molecular formula is C29H25ClN6O4. The van der Waals surface area contributed by atoms with E-state index in [1.54, 1.807) is 36.4 Å². The summed E-state index contributed by atoms with van der Waals surface area (Å²) < 4.78 is 12.6. The average Bonchev–Trinajstić information content (AvgIpc) is 2.99. The van der Waals surface area contributed by atoms with Gasteiger partial charge in [-0.2, -0.15) is 5.26 Å². The van der Waals surface area contributed by atoms with Crippen LogP contribution in [0, 0.1) is 17.2 Å². The van der Waals surface area contributed by atoms with E-state index in [0.29, 0.717) is 54.0 Å². The molecule has 40 heavy (non-hydrogen) atoms. The monoisotopic (exact) mass is 556 g/mol. The summed E-state index contributed by atoms with van der Waals surface area (Å²) in [5.74, 6) is 1.02. The number of ether oxygens (including phenoxy) is 2. The first-order valence-electron chi connectivity index (χ1n) is 12.7. The third kappa shape index (κ3) is 6.69. The van der Waals surface area contributed by atoms with Crippen LogP contribution in [0.4, 0.5) is 11.6 Å². The van der Waals surface area contributed by atoms with Crippen LogP contribution >= 0.6 is 11.6 Å². The summed E-state index contributed by atoms with van der Waals surface area (Å²) in [4.78, 5) is 39.0. The molecule has 0 bridgehead atoms. The molecule has 0 radical (unpaired) electrons. The van der Waals surface area contributed by atoms with Gasteiger partial charge in [0.15, 0.2) is 5.69 Å². The highest BCUT2D eigenvalue weighted by Gasteiger charge is 2.23. The second-order valence-electron chi connectivity index (χ2n) is 9.26. The van der Waals surface area contributed by atoms with E-state index in [1.165, 1.54) is 23.2 Å². The maximum Gasteiger partial charge on any atom is 0.258 e. The predicted molar refractivity (Wildman–Crippen MR) is 148 cm³/mol. The van der Waals surface area contributed by atoms with Crippen molar-refractivity contribution >= 4 is 29.0 Å². The van der Waals surface area contributed by atoms with Gasteiger partial charge in [-0.1, -0.05) is 23.7 Å². The van der Waals surface area contributed by atoms with Crippen LogP contribution in [0.15, 0.2) is 71.9 Å². The fraction of sp³-hybridized carbons (Fsp3) is 0.241. The Hall–Kier alpha value is -4.59. The Morgan fingerprint density at radius 3 is 2.48 bits per heavy atom. The molecule has 5 rings (SSSR count). The lowest BCUT2D eigenvalue weighted by Gasteiger charge is -2.21. The van der Waals surface area contributed by atoms with E-state index in [0.717, 1.165) is 5.56 Å². The molecule has 2 aromatic carbocycles. The Morgan fingerprint density at radius 2 is 1.80 bits per heavy atom. The van der Waals surface area contributed by atoms with Crippen molar-refractivity contribution in [2.75, 3.05) is 18.5 Å². The van der Waals surface area contributed by atoms with Crippen LogP contribution in [0.1, 0.15) is 29.7 Å². The number of ketones is 1.